The molecular formula is C15H15N5O4. The van der Waals surface area contributed by atoms with Gasteiger partial charge in [0.05, 0.1) is 12.4 Å². The molecule has 0 aliphatic heterocycles. The highest BCUT2D eigenvalue weighted by atomic mass is 16.3. The van der Waals surface area contributed by atoms with E-state index >= 15 is 0 Å². The van der Waals surface area contributed by atoms with Gasteiger partial charge in [-0.2, -0.15) is 10.2 Å². The van der Waals surface area contributed by atoms with Gasteiger partial charge in [0.2, 0.25) is 5.96 Å². The molecule has 0 amide bonds. The van der Waals surface area contributed by atoms with E-state index in [4.69, 9.17) is 10.8 Å². The second-order valence-corrected chi connectivity index (χ2v) is 4.59. The van der Waals surface area contributed by atoms with E-state index in [2.05, 4.69) is 20.7 Å². The Hall–Kier alpha value is -3.75. The van der Waals surface area contributed by atoms with Gasteiger partial charge in [-0.15, -0.1) is 5.10 Å². The van der Waals surface area contributed by atoms with Crippen molar-refractivity contribution in [1.29, 1.82) is 0 Å². The monoisotopic (exact) mass is 329 g/mol. The van der Waals surface area contributed by atoms with Crippen molar-refractivity contribution in [2.24, 2.45) is 21.0 Å². The van der Waals surface area contributed by atoms with Crippen molar-refractivity contribution in [3.63, 3.8) is 0 Å². The predicted octanol–water partition coefficient (Wildman–Crippen LogP) is 0.781. The molecule has 2 aromatic carbocycles. The Balaban J connectivity index is 1.96. The molecule has 7 N–H and O–H groups in total. The summed E-state index contributed by atoms with van der Waals surface area (Å²) in [5.41, 5.74) is 8.64. The van der Waals surface area contributed by atoms with Crippen molar-refractivity contribution in [3.05, 3.63) is 47.5 Å². The molecule has 0 aliphatic carbocycles. The zero-order valence-corrected chi connectivity index (χ0v) is 12.3. The zero-order chi connectivity index (χ0) is 17.5. The summed E-state index contributed by atoms with van der Waals surface area (Å²) in [5, 5.41) is 48.5. The molecule has 0 aliphatic rings. The number of hydrogen-bond acceptors (Lipinski definition) is 7. The van der Waals surface area contributed by atoms with Crippen molar-refractivity contribution in [2.45, 2.75) is 0 Å². The molecule has 9 heteroatoms. The number of benzene rings is 2. The van der Waals surface area contributed by atoms with Gasteiger partial charge in [-0.1, -0.05) is 0 Å². The summed E-state index contributed by atoms with van der Waals surface area (Å²) >= 11 is 0. The maximum Gasteiger partial charge on any atom is 0.234 e. The van der Waals surface area contributed by atoms with Crippen LogP contribution in [0.2, 0.25) is 0 Å². The Morgan fingerprint density at radius 1 is 0.875 bits per heavy atom. The number of phenols is 4. The van der Waals surface area contributed by atoms with Gasteiger partial charge in [-0.3, -0.25) is 0 Å². The Morgan fingerprint density at radius 2 is 1.42 bits per heavy atom. The third-order valence-corrected chi connectivity index (χ3v) is 2.77. The highest BCUT2D eigenvalue weighted by Gasteiger charge is 2.00. The fourth-order valence-corrected chi connectivity index (χ4v) is 1.63. The van der Waals surface area contributed by atoms with Crippen molar-refractivity contribution in [3.8, 4) is 23.0 Å². The summed E-state index contributed by atoms with van der Waals surface area (Å²) in [6.45, 7) is 0. The van der Waals surface area contributed by atoms with Crippen LogP contribution in [0.25, 0.3) is 0 Å². The molecule has 2 rings (SSSR count). The van der Waals surface area contributed by atoms with Gasteiger partial charge in [0.1, 0.15) is 23.0 Å². The molecule has 24 heavy (non-hydrogen) atoms. The van der Waals surface area contributed by atoms with Gasteiger partial charge in [0.15, 0.2) is 0 Å². The minimum atomic E-state index is -0.152. The van der Waals surface area contributed by atoms with Gasteiger partial charge in [-0.25, -0.2) is 5.43 Å². The average molecular weight is 329 g/mol. The minimum absolute atomic E-state index is 0.0643. The number of nitrogens with one attached hydrogen (secondary N) is 1. The lowest BCUT2D eigenvalue weighted by molar-refractivity contribution is 0.449. The third kappa shape index (κ3) is 4.63. The molecule has 0 aromatic heterocycles. The lowest BCUT2D eigenvalue weighted by Crippen LogP contribution is -2.26. The van der Waals surface area contributed by atoms with E-state index in [1.165, 1.54) is 48.8 Å². The quantitative estimate of drug-likeness (QED) is 0.276. The van der Waals surface area contributed by atoms with E-state index in [0.717, 1.165) is 0 Å². The molecule has 0 fully saturated rings. The topological polar surface area (TPSA) is 156 Å². The smallest absolute Gasteiger partial charge is 0.234 e. The Kier molecular flexibility index (Phi) is 5.19. The van der Waals surface area contributed by atoms with Crippen LogP contribution in [0.1, 0.15) is 11.1 Å². The van der Waals surface area contributed by atoms with Gasteiger partial charge < -0.3 is 26.2 Å². The van der Waals surface area contributed by atoms with Crippen molar-refractivity contribution in [2.75, 3.05) is 0 Å². The van der Waals surface area contributed by atoms with Crippen LogP contribution in [-0.4, -0.2) is 38.8 Å². The molecule has 0 radical (unpaired) electrons. The maximum absolute atomic E-state index is 9.56. The SMILES string of the molecule is NC(=N/N=C\c1ccc(O)cc1O)N/N=C\c1ccc(O)cc1O. The van der Waals surface area contributed by atoms with Crippen molar-refractivity contribution < 1.29 is 20.4 Å². The number of phenolic OH excluding ortho intramolecular Hbond substituents is 4. The molecule has 124 valence electrons. The van der Waals surface area contributed by atoms with Gasteiger partial charge in [0.25, 0.3) is 0 Å². The Bertz CT molecular complexity index is 818. The summed E-state index contributed by atoms with van der Waals surface area (Å²) in [4.78, 5) is 0. The van der Waals surface area contributed by atoms with E-state index < -0.39 is 0 Å². The Labute approximate surface area is 136 Å². The molecule has 0 heterocycles. The summed E-state index contributed by atoms with van der Waals surface area (Å²) in [7, 11) is 0. The van der Waals surface area contributed by atoms with Crippen LogP contribution in [-0.2, 0) is 0 Å². The first-order valence-electron chi connectivity index (χ1n) is 6.65. The van der Waals surface area contributed by atoms with Crippen LogP contribution < -0.4 is 11.2 Å². The van der Waals surface area contributed by atoms with E-state index in [-0.39, 0.29) is 29.0 Å². The summed E-state index contributed by atoms with van der Waals surface area (Å²) < 4.78 is 0. The number of aromatic hydroxyl groups is 4. The van der Waals surface area contributed by atoms with Gasteiger partial charge in [0, 0.05) is 23.3 Å². The maximum atomic E-state index is 9.56. The number of nitrogens with zero attached hydrogens (tertiary/aromatic N) is 3. The molecule has 0 saturated heterocycles. The fraction of sp³-hybridized carbons (Fsp3) is 0. The average Bonchev–Trinajstić information content (AvgIpc) is 2.51. The highest BCUT2D eigenvalue weighted by Crippen LogP contribution is 2.21. The van der Waals surface area contributed by atoms with E-state index in [1.807, 2.05) is 0 Å². The minimum Gasteiger partial charge on any atom is -0.508 e. The van der Waals surface area contributed by atoms with Gasteiger partial charge in [-0.05, 0) is 24.3 Å². The van der Waals surface area contributed by atoms with Crippen LogP contribution in [0.5, 0.6) is 23.0 Å². The first-order valence-corrected chi connectivity index (χ1v) is 6.65. The zero-order valence-electron chi connectivity index (χ0n) is 12.3. The molecule has 0 bridgehead atoms. The lowest BCUT2D eigenvalue weighted by atomic mass is 10.2. The number of hydrazone groups is 1. The Morgan fingerprint density at radius 3 is 1.96 bits per heavy atom. The fourth-order valence-electron chi connectivity index (χ4n) is 1.63. The highest BCUT2D eigenvalue weighted by molar-refractivity contribution is 5.87. The molecule has 0 atom stereocenters. The number of hydrogen-bond donors (Lipinski definition) is 6. The normalized spacial score (nSPS) is 12.1. The largest absolute Gasteiger partial charge is 0.508 e. The van der Waals surface area contributed by atoms with Crippen LogP contribution in [0.15, 0.2) is 51.7 Å². The molecule has 0 unspecified atom stereocenters. The lowest BCUT2D eigenvalue weighted by Gasteiger charge is -2.00. The second-order valence-electron chi connectivity index (χ2n) is 4.59. The summed E-state index contributed by atoms with van der Waals surface area (Å²) in [6.07, 6.45) is 2.53. The van der Waals surface area contributed by atoms with Crippen molar-refractivity contribution >= 4 is 18.4 Å². The predicted molar refractivity (Wildman–Crippen MR) is 89.5 cm³/mol. The van der Waals surface area contributed by atoms with Crippen molar-refractivity contribution in [1.82, 2.24) is 5.43 Å². The standard InChI is InChI=1S/C15H15N5O4/c16-15(19-17-7-9-1-3-11(21)5-13(9)23)20-18-8-10-2-4-12(22)6-14(10)24/h1-8,21-24H,(H3,16,19,20)/b17-7-,18-8-. The molecule has 2 aromatic rings. The second kappa shape index (κ2) is 7.49. The molecule has 0 saturated carbocycles. The number of nitrogens with two attached hydrogens (primary N) is 1. The van der Waals surface area contributed by atoms with Crippen LogP contribution >= 0.6 is 0 Å². The third-order valence-electron chi connectivity index (χ3n) is 2.77. The molecular weight excluding hydrogens is 314 g/mol. The first kappa shape index (κ1) is 16.6. The first-order chi connectivity index (χ1) is 11.5. The summed E-state index contributed by atoms with van der Waals surface area (Å²) in [6, 6.07) is 8.05. The molecule has 0 spiro atoms. The van der Waals surface area contributed by atoms with E-state index in [1.54, 1.807) is 0 Å². The van der Waals surface area contributed by atoms with Crippen LogP contribution in [0.4, 0.5) is 0 Å². The number of rotatable bonds is 4. The summed E-state index contributed by atoms with van der Waals surface area (Å²) in [5.74, 6) is -0.552. The van der Waals surface area contributed by atoms with E-state index in [0.29, 0.717) is 11.1 Å². The van der Waals surface area contributed by atoms with Gasteiger partial charge >= 0.3 is 0 Å². The van der Waals surface area contributed by atoms with Crippen LogP contribution in [0.3, 0.4) is 0 Å². The molecule has 9 nitrogen and oxygen atoms in total. The number of guanidine groups is 1. The van der Waals surface area contributed by atoms with E-state index in [9.17, 15) is 15.3 Å². The van der Waals surface area contributed by atoms with Crippen LogP contribution in [0, 0.1) is 0 Å².